The monoisotopic (exact) mass is 395 g/mol. The molecule has 0 saturated heterocycles. The van der Waals surface area contributed by atoms with Gasteiger partial charge >= 0.3 is 6.03 Å². The molecule has 0 unspecified atom stereocenters. The molecule has 0 atom stereocenters. The van der Waals surface area contributed by atoms with E-state index < -0.39 is 0 Å². The number of halogens is 2. The van der Waals surface area contributed by atoms with Gasteiger partial charge in [-0.1, -0.05) is 35.3 Å². The maximum atomic E-state index is 12.0. The summed E-state index contributed by atoms with van der Waals surface area (Å²) in [6.45, 7) is 2.89. The summed E-state index contributed by atoms with van der Waals surface area (Å²) in [7, 11) is 0. The fourth-order valence-electron chi connectivity index (χ4n) is 2.11. The fourth-order valence-corrected chi connectivity index (χ4v) is 2.41. The van der Waals surface area contributed by atoms with Crippen molar-refractivity contribution < 1.29 is 14.3 Å². The quantitative estimate of drug-likeness (QED) is 0.621. The van der Waals surface area contributed by atoms with Crippen LogP contribution in [0.15, 0.2) is 42.5 Å². The Balaban J connectivity index is 1.76. The van der Waals surface area contributed by atoms with E-state index in [1.54, 1.807) is 30.3 Å². The highest BCUT2D eigenvalue weighted by atomic mass is 35.5. The van der Waals surface area contributed by atoms with Crippen LogP contribution in [-0.2, 0) is 0 Å². The summed E-state index contributed by atoms with van der Waals surface area (Å²) in [5, 5.41) is 8.75. The van der Waals surface area contributed by atoms with Gasteiger partial charge in [0.05, 0.1) is 22.3 Å². The molecule has 2 aromatic carbocycles. The van der Waals surface area contributed by atoms with Crippen molar-refractivity contribution in [3.63, 3.8) is 0 Å². The van der Waals surface area contributed by atoms with Crippen LogP contribution >= 0.6 is 23.2 Å². The van der Waals surface area contributed by atoms with Crippen LogP contribution < -0.4 is 20.7 Å². The van der Waals surface area contributed by atoms with E-state index in [2.05, 4.69) is 16.0 Å². The topological polar surface area (TPSA) is 79.5 Å². The van der Waals surface area contributed by atoms with Crippen molar-refractivity contribution in [3.05, 3.63) is 58.1 Å². The second-order valence-electron chi connectivity index (χ2n) is 5.19. The van der Waals surface area contributed by atoms with Crippen LogP contribution in [0.4, 0.5) is 10.5 Å². The predicted molar refractivity (Wildman–Crippen MR) is 103 cm³/mol. The summed E-state index contributed by atoms with van der Waals surface area (Å²) >= 11 is 11.7. The smallest absolute Gasteiger partial charge is 0.319 e. The van der Waals surface area contributed by atoms with E-state index in [9.17, 15) is 9.59 Å². The number of hydrogen-bond donors (Lipinski definition) is 3. The Morgan fingerprint density at radius 2 is 1.73 bits per heavy atom. The van der Waals surface area contributed by atoms with Gasteiger partial charge < -0.3 is 20.7 Å². The maximum absolute atomic E-state index is 12.0. The third-order valence-electron chi connectivity index (χ3n) is 3.31. The summed E-state index contributed by atoms with van der Waals surface area (Å²) in [4.78, 5) is 23.9. The minimum absolute atomic E-state index is 0.260. The van der Waals surface area contributed by atoms with Gasteiger partial charge in [0.1, 0.15) is 5.75 Å². The molecule has 138 valence electrons. The molecule has 2 aromatic rings. The number of carbonyl (C=O) groups is 2. The molecule has 2 rings (SSSR count). The first kappa shape index (κ1) is 19.9. The summed E-state index contributed by atoms with van der Waals surface area (Å²) in [5.74, 6) is 0.297. The minimum atomic E-state index is -0.388. The molecule has 8 heteroatoms. The van der Waals surface area contributed by atoms with Crippen molar-refractivity contribution in [1.29, 1.82) is 0 Å². The van der Waals surface area contributed by atoms with Crippen molar-refractivity contribution in [2.45, 2.75) is 6.92 Å². The van der Waals surface area contributed by atoms with Crippen molar-refractivity contribution in [1.82, 2.24) is 10.6 Å². The number of urea groups is 1. The highest BCUT2D eigenvalue weighted by Gasteiger charge is 2.09. The van der Waals surface area contributed by atoms with Crippen molar-refractivity contribution in [3.8, 4) is 5.75 Å². The number of nitrogens with one attached hydrogen (secondary N) is 3. The highest BCUT2D eigenvalue weighted by Crippen LogP contribution is 2.23. The second-order valence-corrected chi connectivity index (χ2v) is 6.01. The van der Waals surface area contributed by atoms with Crippen LogP contribution in [-0.4, -0.2) is 31.6 Å². The Hall–Kier alpha value is -2.44. The van der Waals surface area contributed by atoms with Crippen LogP contribution in [0.1, 0.15) is 17.3 Å². The standard InChI is InChI=1S/C18H19Cl2N3O3/c1-2-26-16-6-4-3-5-15(16)23-18(25)22-10-9-21-17(24)12-7-8-13(19)14(20)11-12/h3-8,11H,2,9-10H2,1H3,(H,21,24)(H2,22,23,25). The Labute approximate surface area is 161 Å². The molecule has 0 fully saturated rings. The van der Waals surface area contributed by atoms with Gasteiger partial charge in [-0.25, -0.2) is 4.79 Å². The lowest BCUT2D eigenvalue weighted by atomic mass is 10.2. The van der Waals surface area contributed by atoms with Crippen molar-refractivity contribution >= 4 is 40.8 Å². The van der Waals surface area contributed by atoms with E-state index in [-0.39, 0.29) is 25.0 Å². The predicted octanol–water partition coefficient (Wildman–Crippen LogP) is 3.94. The fraction of sp³-hybridized carbons (Fsp3) is 0.222. The Bertz CT molecular complexity index is 784. The Morgan fingerprint density at radius 3 is 2.46 bits per heavy atom. The number of anilines is 1. The molecule has 0 saturated carbocycles. The number of para-hydroxylation sites is 2. The second kappa shape index (κ2) is 9.89. The molecule has 0 aliphatic heterocycles. The van der Waals surface area contributed by atoms with E-state index in [1.165, 1.54) is 6.07 Å². The largest absolute Gasteiger partial charge is 0.492 e. The number of benzene rings is 2. The van der Waals surface area contributed by atoms with Crippen LogP contribution in [0.3, 0.4) is 0 Å². The summed E-state index contributed by atoms with van der Waals surface area (Å²) in [6, 6.07) is 11.4. The van der Waals surface area contributed by atoms with E-state index in [1.807, 2.05) is 13.0 Å². The van der Waals surface area contributed by atoms with E-state index in [4.69, 9.17) is 27.9 Å². The lowest BCUT2D eigenvalue weighted by Gasteiger charge is -2.12. The normalized spacial score (nSPS) is 10.1. The molecular weight excluding hydrogens is 377 g/mol. The van der Waals surface area contributed by atoms with Gasteiger partial charge in [-0.15, -0.1) is 0 Å². The summed E-state index contributed by atoms with van der Waals surface area (Å²) < 4.78 is 5.44. The third-order valence-corrected chi connectivity index (χ3v) is 4.05. The van der Waals surface area contributed by atoms with Gasteiger partial charge in [-0.05, 0) is 37.3 Å². The van der Waals surface area contributed by atoms with E-state index >= 15 is 0 Å². The number of amides is 3. The average Bonchev–Trinajstić information content (AvgIpc) is 2.62. The van der Waals surface area contributed by atoms with Gasteiger partial charge in [0.15, 0.2) is 0 Å². The first-order valence-corrected chi connectivity index (χ1v) is 8.76. The van der Waals surface area contributed by atoms with Crippen molar-refractivity contribution in [2.24, 2.45) is 0 Å². The zero-order chi connectivity index (χ0) is 18.9. The summed E-state index contributed by atoms with van der Waals surface area (Å²) in [6.07, 6.45) is 0. The maximum Gasteiger partial charge on any atom is 0.319 e. The number of rotatable bonds is 7. The van der Waals surface area contributed by atoms with Crippen LogP contribution in [0.2, 0.25) is 10.0 Å². The van der Waals surface area contributed by atoms with Crippen LogP contribution in [0, 0.1) is 0 Å². The molecule has 6 nitrogen and oxygen atoms in total. The van der Waals surface area contributed by atoms with Gasteiger partial charge in [0.2, 0.25) is 0 Å². The first-order valence-electron chi connectivity index (χ1n) is 8.01. The SMILES string of the molecule is CCOc1ccccc1NC(=O)NCCNC(=O)c1ccc(Cl)c(Cl)c1. The number of carbonyl (C=O) groups excluding carboxylic acids is 2. The van der Waals surface area contributed by atoms with Gasteiger partial charge in [-0.3, -0.25) is 4.79 Å². The number of hydrogen-bond acceptors (Lipinski definition) is 3. The van der Waals surface area contributed by atoms with Gasteiger partial charge in [-0.2, -0.15) is 0 Å². The molecule has 0 spiro atoms. The van der Waals surface area contributed by atoms with Crippen LogP contribution in [0.5, 0.6) is 5.75 Å². The zero-order valence-corrected chi connectivity index (χ0v) is 15.7. The van der Waals surface area contributed by atoms with Crippen molar-refractivity contribution in [2.75, 3.05) is 25.0 Å². The lowest BCUT2D eigenvalue weighted by molar-refractivity contribution is 0.0954. The molecule has 26 heavy (non-hydrogen) atoms. The molecule has 0 bridgehead atoms. The molecule has 0 aliphatic carbocycles. The molecule has 3 amide bonds. The zero-order valence-electron chi connectivity index (χ0n) is 14.1. The lowest BCUT2D eigenvalue weighted by Crippen LogP contribution is -2.36. The molecule has 0 aliphatic rings. The first-order chi connectivity index (χ1) is 12.5. The van der Waals surface area contributed by atoms with E-state index in [0.29, 0.717) is 33.7 Å². The Kier molecular flexibility index (Phi) is 7.56. The van der Waals surface area contributed by atoms with E-state index in [0.717, 1.165) is 0 Å². The molecule has 0 aromatic heterocycles. The average molecular weight is 396 g/mol. The van der Waals surface area contributed by atoms with Gasteiger partial charge in [0.25, 0.3) is 5.91 Å². The molecule has 3 N–H and O–H groups in total. The number of ether oxygens (including phenoxy) is 1. The molecule has 0 radical (unpaired) electrons. The molecular formula is C18H19Cl2N3O3. The highest BCUT2D eigenvalue weighted by molar-refractivity contribution is 6.42. The minimum Gasteiger partial charge on any atom is -0.492 e. The summed E-state index contributed by atoms with van der Waals surface area (Å²) in [5.41, 5.74) is 0.973. The third kappa shape index (κ3) is 5.82. The van der Waals surface area contributed by atoms with Gasteiger partial charge in [0, 0.05) is 18.7 Å². The Morgan fingerprint density at radius 1 is 1.00 bits per heavy atom. The molecule has 0 heterocycles. The van der Waals surface area contributed by atoms with Crippen LogP contribution in [0.25, 0.3) is 0 Å².